The number of nitrogens with zero attached hydrogens (tertiary/aromatic N) is 1. The number of anilines is 2. The number of non-ortho nitro benzene ring substituents is 1. The van der Waals surface area contributed by atoms with Crippen LogP contribution >= 0.6 is 0 Å². The third kappa shape index (κ3) is 3.72. The van der Waals surface area contributed by atoms with Crippen molar-refractivity contribution in [1.29, 1.82) is 0 Å². The number of ether oxygens (including phenoxy) is 1. The SMILES string of the molecule is CCOC(=O)c1cc([N+](=O)[O-])ccc1NNc1ccccc1. The van der Waals surface area contributed by atoms with Crippen LogP contribution in [0.4, 0.5) is 17.1 Å². The number of esters is 1. The van der Waals surface area contributed by atoms with E-state index in [0.29, 0.717) is 5.69 Å². The van der Waals surface area contributed by atoms with Crippen LogP contribution in [0.2, 0.25) is 0 Å². The molecule has 2 rings (SSSR count). The summed E-state index contributed by atoms with van der Waals surface area (Å²) in [5.74, 6) is -0.622. The highest BCUT2D eigenvalue weighted by Gasteiger charge is 2.17. The summed E-state index contributed by atoms with van der Waals surface area (Å²) in [6, 6.07) is 13.2. The summed E-state index contributed by atoms with van der Waals surface area (Å²) >= 11 is 0. The van der Waals surface area contributed by atoms with Crippen LogP contribution in [0.5, 0.6) is 0 Å². The highest BCUT2D eigenvalue weighted by atomic mass is 16.6. The zero-order chi connectivity index (χ0) is 15.9. The molecule has 0 saturated carbocycles. The van der Waals surface area contributed by atoms with Gasteiger partial charge in [0.25, 0.3) is 5.69 Å². The third-order valence-electron chi connectivity index (χ3n) is 2.82. The number of hydrogen-bond acceptors (Lipinski definition) is 6. The van der Waals surface area contributed by atoms with Crippen LogP contribution in [0, 0.1) is 10.1 Å². The molecule has 0 radical (unpaired) electrons. The molecule has 0 unspecified atom stereocenters. The smallest absolute Gasteiger partial charge is 0.340 e. The Balaban J connectivity index is 2.25. The molecule has 0 spiro atoms. The fraction of sp³-hybridized carbons (Fsp3) is 0.133. The van der Waals surface area contributed by atoms with Gasteiger partial charge >= 0.3 is 5.97 Å². The second-order valence-corrected chi connectivity index (χ2v) is 4.32. The summed E-state index contributed by atoms with van der Waals surface area (Å²) in [7, 11) is 0. The summed E-state index contributed by atoms with van der Waals surface area (Å²) < 4.78 is 4.93. The van der Waals surface area contributed by atoms with Gasteiger partial charge in [0, 0.05) is 12.1 Å². The van der Waals surface area contributed by atoms with Crippen molar-refractivity contribution in [1.82, 2.24) is 0 Å². The molecule has 0 aliphatic rings. The van der Waals surface area contributed by atoms with Crippen LogP contribution in [0.15, 0.2) is 48.5 Å². The first kappa shape index (κ1) is 15.3. The van der Waals surface area contributed by atoms with Gasteiger partial charge in [-0.3, -0.25) is 10.1 Å². The Morgan fingerprint density at radius 2 is 1.91 bits per heavy atom. The zero-order valence-electron chi connectivity index (χ0n) is 11.9. The van der Waals surface area contributed by atoms with Crippen molar-refractivity contribution < 1.29 is 14.5 Å². The molecule has 7 nitrogen and oxygen atoms in total. The van der Waals surface area contributed by atoms with E-state index in [1.165, 1.54) is 18.2 Å². The molecule has 2 N–H and O–H groups in total. The summed E-state index contributed by atoms with van der Waals surface area (Å²) in [5.41, 5.74) is 6.89. The number of para-hydroxylation sites is 1. The van der Waals surface area contributed by atoms with Gasteiger partial charge in [-0.15, -0.1) is 0 Å². The fourth-order valence-electron chi connectivity index (χ4n) is 1.79. The molecule has 114 valence electrons. The first-order valence-corrected chi connectivity index (χ1v) is 6.64. The second kappa shape index (κ2) is 7.07. The largest absolute Gasteiger partial charge is 0.462 e. The summed E-state index contributed by atoms with van der Waals surface area (Å²) in [6.45, 7) is 1.86. The number of carbonyl (C=O) groups excluding carboxylic acids is 1. The van der Waals surface area contributed by atoms with Gasteiger partial charge in [-0.2, -0.15) is 0 Å². The Bertz CT molecular complexity index is 674. The van der Waals surface area contributed by atoms with Crippen molar-refractivity contribution in [2.24, 2.45) is 0 Å². The maximum absolute atomic E-state index is 11.9. The van der Waals surface area contributed by atoms with Gasteiger partial charge in [-0.1, -0.05) is 18.2 Å². The molecule has 0 amide bonds. The summed E-state index contributed by atoms with van der Waals surface area (Å²) in [6.07, 6.45) is 0. The number of carbonyl (C=O) groups is 1. The molecule has 0 bridgehead atoms. The van der Waals surface area contributed by atoms with Gasteiger partial charge in [0.15, 0.2) is 0 Å². The average Bonchev–Trinajstić information content (AvgIpc) is 2.54. The Morgan fingerprint density at radius 1 is 1.18 bits per heavy atom. The minimum Gasteiger partial charge on any atom is -0.462 e. The van der Waals surface area contributed by atoms with Gasteiger partial charge < -0.3 is 15.6 Å². The quantitative estimate of drug-likeness (QED) is 0.483. The first-order chi connectivity index (χ1) is 10.6. The molecular formula is C15H15N3O4. The molecule has 0 aliphatic heterocycles. The number of hydrazine groups is 1. The van der Waals surface area contributed by atoms with Crippen molar-refractivity contribution in [3.8, 4) is 0 Å². The summed E-state index contributed by atoms with van der Waals surface area (Å²) in [4.78, 5) is 22.2. The maximum Gasteiger partial charge on any atom is 0.340 e. The highest BCUT2D eigenvalue weighted by Crippen LogP contribution is 2.23. The predicted octanol–water partition coefficient (Wildman–Crippen LogP) is 3.21. The lowest BCUT2D eigenvalue weighted by atomic mass is 10.1. The van der Waals surface area contributed by atoms with Crippen LogP contribution in [0.1, 0.15) is 17.3 Å². The van der Waals surface area contributed by atoms with E-state index in [4.69, 9.17) is 4.74 Å². The maximum atomic E-state index is 11.9. The Hall–Kier alpha value is -3.09. The lowest BCUT2D eigenvalue weighted by Gasteiger charge is -2.13. The van der Waals surface area contributed by atoms with Crippen LogP contribution in [0.25, 0.3) is 0 Å². The van der Waals surface area contributed by atoms with E-state index in [0.717, 1.165) is 5.69 Å². The fourth-order valence-corrected chi connectivity index (χ4v) is 1.79. The number of rotatable bonds is 6. The standard InChI is InChI=1S/C15H15N3O4/c1-2-22-15(19)13-10-12(18(20)21)8-9-14(13)17-16-11-6-4-3-5-7-11/h3-10,16-17H,2H2,1H3. The minimum atomic E-state index is -0.622. The van der Waals surface area contributed by atoms with E-state index < -0.39 is 10.9 Å². The van der Waals surface area contributed by atoms with Gasteiger partial charge in [-0.05, 0) is 25.1 Å². The third-order valence-corrected chi connectivity index (χ3v) is 2.82. The molecule has 0 saturated heterocycles. The topological polar surface area (TPSA) is 93.5 Å². The molecule has 7 heteroatoms. The van der Waals surface area contributed by atoms with Crippen LogP contribution < -0.4 is 10.9 Å². The number of nitro groups is 1. The highest BCUT2D eigenvalue weighted by molar-refractivity contribution is 5.96. The number of nitrogens with one attached hydrogen (secondary N) is 2. The van der Waals surface area contributed by atoms with Crippen molar-refractivity contribution in [3.63, 3.8) is 0 Å². The molecular weight excluding hydrogens is 286 g/mol. The van der Waals surface area contributed by atoms with E-state index in [1.807, 2.05) is 30.3 Å². The molecule has 2 aromatic carbocycles. The number of benzene rings is 2. The average molecular weight is 301 g/mol. The Kier molecular flexibility index (Phi) is 4.92. The van der Waals surface area contributed by atoms with E-state index in [2.05, 4.69) is 10.9 Å². The molecule has 0 atom stereocenters. The van der Waals surface area contributed by atoms with Gasteiger partial charge in [0.1, 0.15) is 0 Å². The van der Waals surface area contributed by atoms with Crippen LogP contribution in [-0.4, -0.2) is 17.5 Å². The van der Waals surface area contributed by atoms with Crippen molar-refractivity contribution in [3.05, 3.63) is 64.2 Å². The molecule has 0 heterocycles. The van der Waals surface area contributed by atoms with E-state index in [9.17, 15) is 14.9 Å². The van der Waals surface area contributed by atoms with Gasteiger partial charge in [0.2, 0.25) is 0 Å². The lowest BCUT2D eigenvalue weighted by Crippen LogP contribution is -2.14. The summed E-state index contributed by atoms with van der Waals surface area (Å²) in [5, 5.41) is 10.8. The lowest BCUT2D eigenvalue weighted by molar-refractivity contribution is -0.384. The molecule has 2 aromatic rings. The van der Waals surface area contributed by atoms with E-state index in [-0.39, 0.29) is 17.9 Å². The van der Waals surface area contributed by atoms with Gasteiger partial charge in [0.05, 0.1) is 28.5 Å². The molecule has 0 fully saturated rings. The van der Waals surface area contributed by atoms with Crippen LogP contribution in [0.3, 0.4) is 0 Å². The minimum absolute atomic E-state index is 0.0967. The zero-order valence-corrected chi connectivity index (χ0v) is 11.9. The predicted molar refractivity (Wildman–Crippen MR) is 82.7 cm³/mol. The van der Waals surface area contributed by atoms with Crippen molar-refractivity contribution in [2.75, 3.05) is 17.5 Å². The Labute approximate surface area is 127 Å². The Morgan fingerprint density at radius 3 is 2.55 bits per heavy atom. The van der Waals surface area contributed by atoms with E-state index in [1.54, 1.807) is 6.92 Å². The molecule has 0 aromatic heterocycles. The monoisotopic (exact) mass is 301 g/mol. The number of hydrogen-bond donors (Lipinski definition) is 2. The van der Waals surface area contributed by atoms with Crippen molar-refractivity contribution in [2.45, 2.75) is 6.92 Å². The second-order valence-electron chi connectivity index (χ2n) is 4.32. The number of nitro benzene ring substituents is 1. The normalized spacial score (nSPS) is 9.86. The van der Waals surface area contributed by atoms with Crippen molar-refractivity contribution >= 4 is 23.0 Å². The molecule has 0 aliphatic carbocycles. The van der Waals surface area contributed by atoms with Crippen LogP contribution in [-0.2, 0) is 4.74 Å². The van der Waals surface area contributed by atoms with Gasteiger partial charge in [-0.25, -0.2) is 4.79 Å². The first-order valence-electron chi connectivity index (χ1n) is 6.64. The van der Waals surface area contributed by atoms with E-state index >= 15 is 0 Å². The molecule has 22 heavy (non-hydrogen) atoms.